The maximum atomic E-state index is 13.8. The lowest BCUT2D eigenvalue weighted by Gasteiger charge is -2.14. The van der Waals surface area contributed by atoms with E-state index in [4.69, 9.17) is 15.2 Å². The number of nitrogens with zero attached hydrogens (tertiary/aromatic N) is 1. The summed E-state index contributed by atoms with van der Waals surface area (Å²) in [5, 5.41) is 0. The predicted octanol–water partition coefficient (Wildman–Crippen LogP) is 3.69. The minimum Gasteiger partial charge on any atom is -0.485 e. The number of aryl methyl sites for hydroxylation is 1. The van der Waals surface area contributed by atoms with E-state index in [0.29, 0.717) is 11.4 Å². The van der Waals surface area contributed by atoms with Crippen LogP contribution in [0.5, 0.6) is 17.4 Å². The second-order valence-electron chi connectivity index (χ2n) is 4.71. The van der Waals surface area contributed by atoms with E-state index in [0.717, 1.165) is 5.56 Å². The standard InChI is InChI=1S/C15H17FN2O2/c1-9(2)19-13-5-4-6-18-15(13)20-14-7-10(3)12(17)8-11(14)16/h4-9H,17H2,1-3H3. The van der Waals surface area contributed by atoms with Gasteiger partial charge in [-0.15, -0.1) is 0 Å². The van der Waals surface area contributed by atoms with Crippen molar-refractivity contribution < 1.29 is 13.9 Å². The number of pyridine rings is 1. The molecule has 0 saturated heterocycles. The van der Waals surface area contributed by atoms with Crippen molar-refractivity contribution in [2.75, 3.05) is 5.73 Å². The molecule has 5 heteroatoms. The van der Waals surface area contributed by atoms with Crippen LogP contribution in [0.3, 0.4) is 0 Å². The molecule has 1 heterocycles. The van der Waals surface area contributed by atoms with Gasteiger partial charge in [0.25, 0.3) is 5.88 Å². The largest absolute Gasteiger partial charge is 0.485 e. The van der Waals surface area contributed by atoms with Gasteiger partial charge in [-0.05, 0) is 44.5 Å². The molecule has 2 N–H and O–H groups in total. The molecule has 0 radical (unpaired) electrons. The zero-order chi connectivity index (χ0) is 14.7. The maximum absolute atomic E-state index is 13.8. The molecule has 2 rings (SSSR count). The van der Waals surface area contributed by atoms with Gasteiger partial charge >= 0.3 is 0 Å². The molecule has 2 aromatic rings. The number of aromatic nitrogens is 1. The van der Waals surface area contributed by atoms with Gasteiger partial charge in [-0.2, -0.15) is 0 Å². The number of ether oxygens (including phenoxy) is 2. The SMILES string of the molecule is Cc1cc(Oc2ncccc2OC(C)C)c(F)cc1N. The first-order chi connectivity index (χ1) is 9.47. The Balaban J connectivity index is 2.33. The third-order valence-corrected chi connectivity index (χ3v) is 2.63. The topological polar surface area (TPSA) is 57.4 Å². The summed E-state index contributed by atoms with van der Waals surface area (Å²) < 4.78 is 24.9. The number of anilines is 1. The number of benzene rings is 1. The fraction of sp³-hybridized carbons (Fsp3) is 0.267. The quantitative estimate of drug-likeness (QED) is 0.865. The van der Waals surface area contributed by atoms with Crippen LogP contribution in [-0.2, 0) is 0 Å². The Morgan fingerprint density at radius 2 is 2.00 bits per heavy atom. The lowest BCUT2D eigenvalue weighted by atomic mass is 10.2. The van der Waals surface area contributed by atoms with Crippen molar-refractivity contribution in [1.29, 1.82) is 0 Å². The molecule has 4 nitrogen and oxygen atoms in total. The maximum Gasteiger partial charge on any atom is 0.262 e. The smallest absolute Gasteiger partial charge is 0.262 e. The first-order valence-electron chi connectivity index (χ1n) is 6.32. The first kappa shape index (κ1) is 14.1. The van der Waals surface area contributed by atoms with E-state index in [-0.39, 0.29) is 17.7 Å². The van der Waals surface area contributed by atoms with Gasteiger partial charge in [0.1, 0.15) is 0 Å². The third-order valence-electron chi connectivity index (χ3n) is 2.63. The second kappa shape index (κ2) is 5.77. The van der Waals surface area contributed by atoms with Crippen LogP contribution in [0.1, 0.15) is 19.4 Å². The van der Waals surface area contributed by atoms with Crippen molar-refractivity contribution in [3.8, 4) is 17.4 Å². The molecule has 0 amide bonds. The second-order valence-corrected chi connectivity index (χ2v) is 4.71. The van der Waals surface area contributed by atoms with E-state index in [9.17, 15) is 4.39 Å². The van der Waals surface area contributed by atoms with Gasteiger partial charge < -0.3 is 15.2 Å². The van der Waals surface area contributed by atoms with Gasteiger partial charge in [-0.1, -0.05) is 0 Å². The van der Waals surface area contributed by atoms with Gasteiger partial charge in [-0.25, -0.2) is 9.37 Å². The highest BCUT2D eigenvalue weighted by Gasteiger charge is 2.13. The monoisotopic (exact) mass is 276 g/mol. The van der Waals surface area contributed by atoms with E-state index in [1.54, 1.807) is 31.3 Å². The molecule has 0 bridgehead atoms. The Morgan fingerprint density at radius 1 is 1.25 bits per heavy atom. The molecule has 1 aromatic heterocycles. The number of nitrogens with two attached hydrogens (primary N) is 1. The molecular weight excluding hydrogens is 259 g/mol. The number of hydrogen-bond donors (Lipinski definition) is 1. The Morgan fingerprint density at radius 3 is 2.70 bits per heavy atom. The predicted molar refractivity (Wildman–Crippen MR) is 75.6 cm³/mol. The van der Waals surface area contributed by atoms with Crippen LogP contribution in [0.25, 0.3) is 0 Å². The average molecular weight is 276 g/mol. The van der Waals surface area contributed by atoms with Crippen molar-refractivity contribution >= 4 is 5.69 Å². The van der Waals surface area contributed by atoms with Crippen LogP contribution in [0.15, 0.2) is 30.5 Å². The summed E-state index contributed by atoms with van der Waals surface area (Å²) in [6, 6.07) is 6.23. The van der Waals surface area contributed by atoms with Crippen LogP contribution < -0.4 is 15.2 Å². The van der Waals surface area contributed by atoms with Gasteiger partial charge in [-0.3, -0.25) is 0 Å². The molecule has 0 saturated carbocycles. The Bertz CT molecular complexity index is 615. The number of rotatable bonds is 4. The lowest BCUT2D eigenvalue weighted by molar-refractivity contribution is 0.230. The number of hydrogen-bond acceptors (Lipinski definition) is 4. The molecule has 0 atom stereocenters. The molecule has 0 aliphatic carbocycles. The highest BCUT2D eigenvalue weighted by Crippen LogP contribution is 2.32. The van der Waals surface area contributed by atoms with Crippen LogP contribution in [0.4, 0.5) is 10.1 Å². The average Bonchev–Trinajstić information content (AvgIpc) is 2.37. The summed E-state index contributed by atoms with van der Waals surface area (Å²) in [6.07, 6.45) is 1.53. The summed E-state index contributed by atoms with van der Waals surface area (Å²) in [7, 11) is 0. The number of halogens is 1. The molecule has 1 aromatic carbocycles. The molecule has 0 unspecified atom stereocenters. The summed E-state index contributed by atoms with van der Waals surface area (Å²) in [4.78, 5) is 4.08. The van der Waals surface area contributed by atoms with E-state index >= 15 is 0 Å². The normalized spacial score (nSPS) is 10.7. The minimum atomic E-state index is -0.533. The van der Waals surface area contributed by atoms with Crippen molar-refractivity contribution in [1.82, 2.24) is 4.98 Å². The Hall–Kier alpha value is -2.30. The molecule has 0 aliphatic heterocycles. The summed E-state index contributed by atoms with van der Waals surface area (Å²) in [6.45, 7) is 5.57. The van der Waals surface area contributed by atoms with Crippen LogP contribution in [-0.4, -0.2) is 11.1 Å². The zero-order valence-electron chi connectivity index (χ0n) is 11.7. The van der Waals surface area contributed by atoms with Crippen LogP contribution >= 0.6 is 0 Å². The fourth-order valence-electron chi connectivity index (χ4n) is 1.65. The van der Waals surface area contributed by atoms with Crippen LogP contribution in [0, 0.1) is 12.7 Å². The van der Waals surface area contributed by atoms with E-state index in [2.05, 4.69) is 4.98 Å². The molecular formula is C15H17FN2O2. The zero-order valence-corrected chi connectivity index (χ0v) is 11.7. The van der Waals surface area contributed by atoms with Gasteiger partial charge in [0.05, 0.1) is 6.10 Å². The van der Waals surface area contributed by atoms with Gasteiger partial charge in [0, 0.05) is 18.0 Å². The fourth-order valence-corrected chi connectivity index (χ4v) is 1.65. The molecule has 0 spiro atoms. The highest BCUT2D eigenvalue weighted by molar-refractivity contribution is 5.51. The van der Waals surface area contributed by atoms with Gasteiger partial charge in [0.2, 0.25) is 0 Å². The van der Waals surface area contributed by atoms with E-state index < -0.39 is 5.82 Å². The summed E-state index contributed by atoms with van der Waals surface area (Å²) >= 11 is 0. The van der Waals surface area contributed by atoms with Crippen molar-refractivity contribution in [2.24, 2.45) is 0 Å². The third kappa shape index (κ3) is 3.17. The molecule has 20 heavy (non-hydrogen) atoms. The van der Waals surface area contributed by atoms with Crippen LogP contribution in [0.2, 0.25) is 0 Å². The Labute approximate surface area is 117 Å². The van der Waals surface area contributed by atoms with Crippen molar-refractivity contribution in [2.45, 2.75) is 26.9 Å². The van der Waals surface area contributed by atoms with Gasteiger partial charge in [0.15, 0.2) is 17.3 Å². The Kier molecular flexibility index (Phi) is 4.08. The summed E-state index contributed by atoms with van der Waals surface area (Å²) in [5.41, 5.74) is 6.77. The minimum absolute atomic E-state index is 0.0282. The molecule has 0 aliphatic rings. The van der Waals surface area contributed by atoms with E-state index in [1.165, 1.54) is 6.07 Å². The summed E-state index contributed by atoms with van der Waals surface area (Å²) in [5.74, 6) is 0.235. The number of nitrogen functional groups attached to an aromatic ring is 1. The van der Waals surface area contributed by atoms with E-state index in [1.807, 2.05) is 13.8 Å². The molecule has 106 valence electrons. The highest BCUT2D eigenvalue weighted by atomic mass is 19.1. The molecule has 0 fully saturated rings. The first-order valence-corrected chi connectivity index (χ1v) is 6.32. The van der Waals surface area contributed by atoms with Crippen molar-refractivity contribution in [3.05, 3.63) is 41.8 Å². The lowest BCUT2D eigenvalue weighted by Crippen LogP contribution is -2.07. The van der Waals surface area contributed by atoms with Crippen molar-refractivity contribution in [3.63, 3.8) is 0 Å².